The molecule has 3 heteroatoms. The Balaban J connectivity index is 2.38. The van der Waals surface area contributed by atoms with E-state index < -0.39 is 0 Å². The van der Waals surface area contributed by atoms with Crippen LogP contribution in [0.4, 0.5) is 0 Å². The van der Waals surface area contributed by atoms with E-state index in [0.29, 0.717) is 12.5 Å². The number of rotatable bonds is 3. The first-order valence-electron chi connectivity index (χ1n) is 6.77. The molecule has 1 aromatic rings. The van der Waals surface area contributed by atoms with Crippen molar-refractivity contribution in [3.63, 3.8) is 0 Å². The van der Waals surface area contributed by atoms with Gasteiger partial charge in [-0.05, 0) is 30.0 Å². The normalized spacial score (nSPS) is 18.3. The Morgan fingerprint density at radius 2 is 1.89 bits per heavy atom. The average molecular weight is 249 g/mol. The minimum absolute atomic E-state index is 0.301. The van der Waals surface area contributed by atoms with Crippen LogP contribution < -0.4 is 15.2 Å². The second kappa shape index (κ2) is 5.19. The predicted molar refractivity (Wildman–Crippen MR) is 73.0 cm³/mol. The summed E-state index contributed by atoms with van der Waals surface area (Å²) in [6.45, 7) is 7.88. The number of hydrogen-bond acceptors (Lipinski definition) is 3. The number of nitrogens with two attached hydrogens (primary N) is 1. The predicted octanol–water partition coefficient (Wildman–Crippen LogP) is 3.07. The summed E-state index contributed by atoms with van der Waals surface area (Å²) in [5.74, 6) is 2.04. The van der Waals surface area contributed by atoms with Crippen molar-refractivity contribution in [2.24, 2.45) is 11.7 Å². The van der Waals surface area contributed by atoms with Gasteiger partial charge in [-0.15, -0.1) is 0 Å². The van der Waals surface area contributed by atoms with Crippen molar-refractivity contribution in [1.29, 1.82) is 0 Å². The highest BCUT2D eigenvalue weighted by Gasteiger charge is 2.30. The maximum absolute atomic E-state index is 6.54. The molecule has 0 fully saturated rings. The Labute approximate surface area is 109 Å². The van der Waals surface area contributed by atoms with Gasteiger partial charge in [0.05, 0.1) is 13.2 Å². The molecule has 0 spiro atoms. The molecule has 1 aliphatic heterocycles. The Morgan fingerprint density at radius 1 is 1.22 bits per heavy atom. The molecule has 18 heavy (non-hydrogen) atoms. The van der Waals surface area contributed by atoms with Gasteiger partial charge in [0, 0.05) is 12.0 Å². The molecule has 1 atom stereocenters. The Hall–Kier alpha value is -1.22. The Morgan fingerprint density at radius 3 is 2.50 bits per heavy atom. The molecule has 1 unspecified atom stereocenters. The van der Waals surface area contributed by atoms with Crippen LogP contribution in [0.15, 0.2) is 18.2 Å². The minimum Gasteiger partial charge on any atom is -0.490 e. The fraction of sp³-hybridized carbons (Fsp3) is 0.600. The summed E-state index contributed by atoms with van der Waals surface area (Å²) < 4.78 is 11.4. The zero-order valence-electron chi connectivity index (χ0n) is 11.5. The van der Waals surface area contributed by atoms with Crippen LogP contribution >= 0.6 is 0 Å². The maximum Gasteiger partial charge on any atom is 0.161 e. The lowest BCUT2D eigenvalue weighted by molar-refractivity contribution is 0.294. The Kier molecular flexibility index (Phi) is 3.81. The Bertz CT molecular complexity index is 417. The standard InChI is InChI=1S/C15H23NO2/c1-4-15(16,11(2)3)12-6-7-13-14(10-12)18-9-5-8-17-13/h6-7,10-11H,4-5,8-9,16H2,1-3H3. The van der Waals surface area contributed by atoms with Gasteiger partial charge in [0.2, 0.25) is 0 Å². The molecule has 100 valence electrons. The van der Waals surface area contributed by atoms with E-state index >= 15 is 0 Å². The summed E-state index contributed by atoms with van der Waals surface area (Å²) in [6, 6.07) is 6.09. The van der Waals surface area contributed by atoms with E-state index in [9.17, 15) is 0 Å². The summed E-state index contributed by atoms with van der Waals surface area (Å²) >= 11 is 0. The zero-order valence-corrected chi connectivity index (χ0v) is 11.5. The van der Waals surface area contributed by atoms with Gasteiger partial charge in [0.1, 0.15) is 0 Å². The average Bonchev–Trinajstić information content (AvgIpc) is 2.61. The highest BCUT2D eigenvalue weighted by molar-refractivity contribution is 5.45. The first-order chi connectivity index (χ1) is 8.58. The van der Waals surface area contributed by atoms with Crippen molar-refractivity contribution >= 4 is 0 Å². The summed E-state index contributed by atoms with van der Waals surface area (Å²) in [6.07, 6.45) is 1.83. The van der Waals surface area contributed by atoms with Gasteiger partial charge in [-0.1, -0.05) is 26.8 Å². The summed E-state index contributed by atoms with van der Waals surface area (Å²) in [5.41, 5.74) is 7.37. The highest BCUT2D eigenvalue weighted by Crippen LogP contribution is 2.37. The summed E-state index contributed by atoms with van der Waals surface area (Å²) in [5, 5.41) is 0. The van der Waals surface area contributed by atoms with Crippen LogP contribution in [0.5, 0.6) is 11.5 Å². The van der Waals surface area contributed by atoms with Gasteiger partial charge in [0.15, 0.2) is 11.5 Å². The third-order valence-electron chi connectivity index (χ3n) is 3.90. The lowest BCUT2D eigenvalue weighted by atomic mass is 9.78. The lowest BCUT2D eigenvalue weighted by Gasteiger charge is -2.33. The molecule has 2 rings (SSSR count). The summed E-state index contributed by atoms with van der Waals surface area (Å²) in [4.78, 5) is 0. The molecule has 0 saturated heterocycles. The molecule has 1 aliphatic rings. The molecule has 0 aliphatic carbocycles. The topological polar surface area (TPSA) is 44.5 Å². The van der Waals surface area contributed by atoms with Crippen molar-refractivity contribution in [1.82, 2.24) is 0 Å². The van der Waals surface area contributed by atoms with E-state index in [0.717, 1.165) is 36.5 Å². The molecule has 0 radical (unpaired) electrons. The van der Waals surface area contributed by atoms with Crippen LogP contribution in [0.1, 0.15) is 39.2 Å². The number of fused-ring (bicyclic) bond motifs is 1. The molecule has 0 amide bonds. The van der Waals surface area contributed by atoms with Crippen molar-refractivity contribution < 1.29 is 9.47 Å². The second-order valence-electron chi connectivity index (χ2n) is 5.26. The van der Waals surface area contributed by atoms with Gasteiger partial charge in [0.25, 0.3) is 0 Å². The van der Waals surface area contributed by atoms with Crippen LogP contribution in [0.3, 0.4) is 0 Å². The van der Waals surface area contributed by atoms with E-state index in [4.69, 9.17) is 15.2 Å². The number of hydrogen-bond donors (Lipinski definition) is 1. The number of benzene rings is 1. The van der Waals surface area contributed by atoms with Crippen LogP contribution in [0, 0.1) is 5.92 Å². The monoisotopic (exact) mass is 249 g/mol. The van der Waals surface area contributed by atoms with Crippen LogP contribution in [0.2, 0.25) is 0 Å². The van der Waals surface area contributed by atoms with Gasteiger partial charge in [-0.25, -0.2) is 0 Å². The van der Waals surface area contributed by atoms with Crippen LogP contribution in [-0.4, -0.2) is 13.2 Å². The van der Waals surface area contributed by atoms with Crippen molar-refractivity contribution in [2.45, 2.75) is 39.2 Å². The molecule has 1 aromatic carbocycles. The van der Waals surface area contributed by atoms with E-state index in [-0.39, 0.29) is 5.54 Å². The molecule has 2 N–H and O–H groups in total. The third-order valence-corrected chi connectivity index (χ3v) is 3.90. The quantitative estimate of drug-likeness (QED) is 0.895. The molecule has 0 aromatic heterocycles. The van der Waals surface area contributed by atoms with E-state index in [2.05, 4.69) is 26.8 Å². The van der Waals surface area contributed by atoms with Crippen LogP contribution in [-0.2, 0) is 5.54 Å². The second-order valence-corrected chi connectivity index (χ2v) is 5.26. The highest BCUT2D eigenvalue weighted by atomic mass is 16.5. The molecule has 0 bridgehead atoms. The largest absolute Gasteiger partial charge is 0.490 e. The van der Waals surface area contributed by atoms with Gasteiger partial charge < -0.3 is 15.2 Å². The van der Waals surface area contributed by atoms with Gasteiger partial charge >= 0.3 is 0 Å². The molecule has 0 saturated carbocycles. The van der Waals surface area contributed by atoms with Crippen molar-refractivity contribution in [3.05, 3.63) is 23.8 Å². The first kappa shape index (κ1) is 13.2. The maximum atomic E-state index is 6.54. The molecule has 3 nitrogen and oxygen atoms in total. The smallest absolute Gasteiger partial charge is 0.161 e. The molecule has 1 heterocycles. The SMILES string of the molecule is CCC(N)(c1ccc2c(c1)OCCCO2)C(C)C. The van der Waals surface area contributed by atoms with Crippen molar-refractivity contribution in [2.75, 3.05) is 13.2 Å². The fourth-order valence-corrected chi connectivity index (χ4v) is 2.40. The van der Waals surface area contributed by atoms with Crippen molar-refractivity contribution in [3.8, 4) is 11.5 Å². The van der Waals surface area contributed by atoms with Crippen LogP contribution in [0.25, 0.3) is 0 Å². The lowest BCUT2D eigenvalue weighted by Crippen LogP contribution is -2.41. The third kappa shape index (κ3) is 2.32. The van der Waals surface area contributed by atoms with Gasteiger partial charge in [-0.2, -0.15) is 0 Å². The van der Waals surface area contributed by atoms with E-state index in [1.807, 2.05) is 12.1 Å². The summed E-state index contributed by atoms with van der Waals surface area (Å²) in [7, 11) is 0. The molecular weight excluding hydrogens is 226 g/mol. The van der Waals surface area contributed by atoms with Gasteiger partial charge in [-0.3, -0.25) is 0 Å². The first-order valence-corrected chi connectivity index (χ1v) is 6.77. The van der Waals surface area contributed by atoms with E-state index in [1.54, 1.807) is 0 Å². The zero-order chi connectivity index (χ0) is 13.2. The minimum atomic E-state index is -0.301. The fourth-order valence-electron chi connectivity index (χ4n) is 2.40. The molecular formula is C15H23NO2. The number of ether oxygens (including phenoxy) is 2. The van der Waals surface area contributed by atoms with E-state index in [1.165, 1.54) is 0 Å².